The van der Waals surface area contributed by atoms with E-state index in [9.17, 15) is 0 Å². The Morgan fingerprint density at radius 1 is 1.40 bits per heavy atom. The highest BCUT2D eigenvalue weighted by molar-refractivity contribution is 8.22. The van der Waals surface area contributed by atoms with Crippen molar-refractivity contribution in [2.45, 2.75) is 21.8 Å². The maximum Gasteiger partial charge on any atom is 0.135 e. The molecule has 0 rings (SSSR count). The molecule has 0 fully saturated rings. The minimum atomic E-state index is 0. The molecule has 0 atom stereocenters. The summed E-state index contributed by atoms with van der Waals surface area (Å²) in [6.45, 7) is 2.10. The van der Waals surface area contributed by atoms with Crippen molar-refractivity contribution < 1.29 is 0 Å². The van der Waals surface area contributed by atoms with Gasteiger partial charge in [-0.1, -0.05) is 45.8 Å². The standard InChI is InChI=1S/C5H11NS2.2CH4/c1-4-8-5(7)6(2)3;;/h4H2,1-3H3;2*1H4. The van der Waals surface area contributed by atoms with Gasteiger partial charge in [-0.3, -0.25) is 0 Å². The molecule has 0 amide bonds. The van der Waals surface area contributed by atoms with Crippen LogP contribution in [0.5, 0.6) is 0 Å². The Bertz CT molecular complexity index is 81.7. The summed E-state index contributed by atoms with van der Waals surface area (Å²) in [5.41, 5.74) is 0. The predicted molar refractivity (Wildman–Crippen MR) is 57.9 cm³/mol. The topological polar surface area (TPSA) is 3.24 Å². The van der Waals surface area contributed by atoms with Crippen LogP contribution in [0.3, 0.4) is 0 Å². The maximum atomic E-state index is 4.97. The second-order valence-electron chi connectivity index (χ2n) is 1.59. The lowest BCUT2D eigenvalue weighted by molar-refractivity contribution is 0.648. The third kappa shape index (κ3) is 8.24. The Hall–Kier alpha value is 0.240. The van der Waals surface area contributed by atoms with Gasteiger partial charge in [0.1, 0.15) is 4.32 Å². The van der Waals surface area contributed by atoms with Crippen LogP contribution in [0.1, 0.15) is 21.8 Å². The number of hydrogen-bond acceptors (Lipinski definition) is 2. The first kappa shape index (κ1) is 16.7. The van der Waals surface area contributed by atoms with Gasteiger partial charge in [-0.05, 0) is 5.75 Å². The van der Waals surface area contributed by atoms with Gasteiger partial charge in [0.2, 0.25) is 0 Å². The van der Waals surface area contributed by atoms with E-state index in [1.807, 2.05) is 19.0 Å². The van der Waals surface area contributed by atoms with E-state index >= 15 is 0 Å². The van der Waals surface area contributed by atoms with Crippen molar-refractivity contribution in [3.8, 4) is 0 Å². The highest BCUT2D eigenvalue weighted by atomic mass is 32.2. The predicted octanol–water partition coefficient (Wildman–Crippen LogP) is 2.86. The van der Waals surface area contributed by atoms with Crippen LogP contribution in [0.25, 0.3) is 0 Å². The zero-order valence-electron chi connectivity index (χ0n) is 5.47. The zero-order chi connectivity index (χ0) is 6.57. The van der Waals surface area contributed by atoms with Crippen molar-refractivity contribution in [1.82, 2.24) is 4.90 Å². The lowest BCUT2D eigenvalue weighted by Gasteiger charge is -2.10. The number of thioether (sulfide) groups is 1. The smallest absolute Gasteiger partial charge is 0.135 e. The van der Waals surface area contributed by atoms with E-state index in [0.29, 0.717) is 0 Å². The normalized spacial score (nSPS) is 7.10. The van der Waals surface area contributed by atoms with E-state index in [-0.39, 0.29) is 14.9 Å². The summed E-state index contributed by atoms with van der Waals surface area (Å²) in [6, 6.07) is 0. The molecule has 0 radical (unpaired) electrons. The van der Waals surface area contributed by atoms with Crippen LogP contribution in [0, 0.1) is 0 Å². The molecule has 0 saturated carbocycles. The van der Waals surface area contributed by atoms with Crippen molar-refractivity contribution in [2.24, 2.45) is 0 Å². The molecule has 0 aromatic rings. The van der Waals surface area contributed by atoms with Crippen molar-refractivity contribution in [1.29, 1.82) is 0 Å². The van der Waals surface area contributed by atoms with E-state index in [1.165, 1.54) is 0 Å². The summed E-state index contributed by atoms with van der Waals surface area (Å²) in [7, 11) is 3.93. The molecule has 64 valence electrons. The number of nitrogens with zero attached hydrogens (tertiary/aromatic N) is 1. The molecular formula is C7H19NS2. The van der Waals surface area contributed by atoms with Crippen molar-refractivity contribution in [3.05, 3.63) is 0 Å². The zero-order valence-corrected chi connectivity index (χ0v) is 7.10. The van der Waals surface area contributed by atoms with Crippen LogP contribution < -0.4 is 0 Å². The fourth-order valence-corrected chi connectivity index (χ4v) is 1.11. The molecule has 0 saturated heterocycles. The Morgan fingerprint density at radius 2 is 1.80 bits per heavy atom. The van der Waals surface area contributed by atoms with E-state index in [0.717, 1.165) is 10.1 Å². The lowest BCUT2D eigenvalue weighted by atomic mass is 11.0. The molecule has 0 aromatic heterocycles. The minimum Gasteiger partial charge on any atom is -0.364 e. The van der Waals surface area contributed by atoms with Crippen LogP contribution in [-0.2, 0) is 0 Å². The van der Waals surface area contributed by atoms with Crippen molar-refractivity contribution >= 4 is 28.3 Å². The summed E-state index contributed by atoms with van der Waals surface area (Å²) < 4.78 is 0.965. The van der Waals surface area contributed by atoms with Crippen molar-refractivity contribution in [2.75, 3.05) is 19.8 Å². The molecule has 1 nitrogen and oxygen atoms in total. The number of hydrogen-bond donors (Lipinski definition) is 0. The van der Waals surface area contributed by atoms with Gasteiger partial charge < -0.3 is 4.90 Å². The molecule has 0 aromatic carbocycles. The van der Waals surface area contributed by atoms with Gasteiger partial charge in [-0.2, -0.15) is 0 Å². The summed E-state index contributed by atoms with van der Waals surface area (Å²) in [6.07, 6.45) is 0. The monoisotopic (exact) mass is 181 g/mol. The molecule has 0 aliphatic rings. The van der Waals surface area contributed by atoms with Gasteiger partial charge in [0.15, 0.2) is 0 Å². The van der Waals surface area contributed by atoms with Gasteiger partial charge in [0, 0.05) is 14.1 Å². The summed E-state index contributed by atoms with van der Waals surface area (Å²) in [5.74, 6) is 1.07. The lowest BCUT2D eigenvalue weighted by Crippen LogP contribution is -2.15. The van der Waals surface area contributed by atoms with Crippen LogP contribution in [0.2, 0.25) is 0 Å². The maximum absolute atomic E-state index is 4.97. The molecule has 10 heavy (non-hydrogen) atoms. The second-order valence-corrected chi connectivity index (χ2v) is 3.49. The molecule has 0 heterocycles. The quantitative estimate of drug-likeness (QED) is 0.573. The van der Waals surface area contributed by atoms with Crippen LogP contribution in [0.15, 0.2) is 0 Å². The Kier molecular flexibility index (Phi) is 15.4. The van der Waals surface area contributed by atoms with Crippen LogP contribution in [-0.4, -0.2) is 29.1 Å². The van der Waals surface area contributed by atoms with E-state index in [1.54, 1.807) is 11.8 Å². The van der Waals surface area contributed by atoms with Gasteiger partial charge in [-0.25, -0.2) is 0 Å². The minimum absolute atomic E-state index is 0. The van der Waals surface area contributed by atoms with E-state index < -0.39 is 0 Å². The highest BCUT2D eigenvalue weighted by Gasteiger charge is 1.94. The summed E-state index contributed by atoms with van der Waals surface area (Å²) >= 11 is 6.66. The highest BCUT2D eigenvalue weighted by Crippen LogP contribution is 2.03. The average Bonchev–Trinajstić information content (AvgIpc) is 1.67. The molecule has 0 aliphatic carbocycles. The van der Waals surface area contributed by atoms with Gasteiger partial charge in [0.05, 0.1) is 0 Å². The molecular weight excluding hydrogens is 162 g/mol. The van der Waals surface area contributed by atoms with Gasteiger partial charge in [0.25, 0.3) is 0 Å². The van der Waals surface area contributed by atoms with E-state index in [4.69, 9.17) is 12.2 Å². The van der Waals surface area contributed by atoms with Gasteiger partial charge in [-0.15, -0.1) is 0 Å². The Labute approximate surface area is 75.2 Å². The molecule has 3 heteroatoms. The SMILES string of the molecule is C.C.CCSC(=S)N(C)C. The summed E-state index contributed by atoms with van der Waals surface area (Å²) in [5, 5.41) is 0. The second kappa shape index (κ2) is 9.24. The summed E-state index contributed by atoms with van der Waals surface area (Å²) in [4.78, 5) is 1.95. The Balaban J connectivity index is -0.000000245. The van der Waals surface area contributed by atoms with E-state index in [2.05, 4.69) is 6.92 Å². The molecule has 0 unspecified atom stereocenters. The first-order valence-electron chi connectivity index (χ1n) is 2.52. The Morgan fingerprint density at radius 3 is 1.90 bits per heavy atom. The van der Waals surface area contributed by atoms with Gasteiger partial charge >= 0.3 is 0 Å². The molecule has 0 N–H and O–H groups in total. The number of thiocarbonyl (C=S) groups is 1. The fraction of sp³-hybridized carbons (Fsp3) is 0.857. The third-order valence-corrected chi connectivity index (χ3v) is 2.25. The van der Waals surface area contributed by atoms with Crippen LogP contribution >= 0.6 is 24.0 Å². The molecule has 0 aliphatic heterocycles. The third-order valence-electron chi connectivity index (χ3n) is 0.633. The first-order chi connectivity index (χ1) is 3.68. The van der Waals surface area contributed by atoms with Crippen LogP contribution in [0.4, 0.5) is 0 Å². The average molecular weight is 181 g/mol. The first-order valence-corrected chi connectivity index (χ1v) is 3.92. The largest absolute Gasteiger partial charge is 0.364 e. The molecule has 0 bridgehead atoms. The number of rotatable bonds is 1. The molecule has 0 spiro atoms. The fourth-order valence-electron chi connectivity index (χ4n) is 0.253. The van der Waals surface area contributed by atoms with Crippen molar-refractivity contribution in [3.63, 3.8) is 0 Å².